The van der Waals surface area contributed by atoms with E-state index in [1.54, 1.807) is 18.2 Å². The van der Waals surface area contributed by atoms with Gasteiger partial charge in [0.25, 0.3) is 0 Å². The van der Waals surface area contributed by atoms with E-state index in [4.69, 9.17) is 0 Å². The van der Waals surface area contributed by atoms with Crippen molar-refractivity contribution < 1.29 is 21.9 Å². The van der Waals surface area contributed by atoms with Crippen molar-refractivity contribution in [1.82, 2.24) is 9.88 Å². The van der Waals surface area contributed by atoms with Crippen LogP contribution in [0.25, 0.3) is 10.9 Å². The molecule has 5 nitrogen and oxygen atoms in total. The van der Waals surface area contributed by atoms with Crippen LogP contribution in [0.4, 0.5) is 8.78 Å². The van der Waals surface area contributed by atoms with Crippen molar-refractivity contribution in [2.24, 2.45) is 0 Å². The molecule has 0 fully saturated rings. The third-order valence-corrected chi connectivity index (χ3v) is 4.76. The first kappa shape index (κ1) is 17.8. The number of hydrogen-bond donors (Lipinski definition) is 1. The van der Waals surface area contributed by atoms with E-state index < -0.39 is 16.4 Å². The second-order valence-corrected chi connectivity index (χ2v) is 7.49. The van der Waals surface area contributed by atoms with Crippen LogP contribution in [0.2, 0.25) is 0 Å². The van der Waals surface area contributed by atoms with Crippen molar-refractivity contribution in [3.8, 4) is 0 Å². The van der Waals surface area contributed by atoms with Gasteiger partial charge in [0, 0.05) is 36.4 Å². The quantitative estimate of drug-likeness (QED) is 0.797. The highest BCUT2D eigenvalue weighted by atomic mass is 32.2. The normalized spacial score (nSPS) is 12.6. The van der Waals surface area contributed by atoms with Crippen LogP contribution >= 0.6 is 0 Å². The standard InChI is InChI=1S/C15H20F2N2O3S/c1-19(7-8-22-15(16)17)6-5-11-10-18-14-4-3-12(9-13(11)14)23(2,20)21/h3-4,9-10,15,18H,5-8H2,1-2H3. The number of ether oxygens (including phenoxy) is 1. The van der Waals surface area contributed by atoms with Gasteiger partial charge >= 0.3 is 6.61 Å². The summed E-state index contributed by atoms with van der Waals surface area (Å²) >= 11 is 0. The van der Waals surface area contributed by atoms with Crippen molar-refractivity contribution in [2.75, 3.05) is 33.0 Å². The average Bonchev–Trinajstić information content (AvgIpc) is 2.86. The molecule has 0 atom stereocenters. The number of benzene rings is 1. The Morgan fingerprint density at radius 2 is 2.04 bits per heavy atom. The van der Waals surface area contributed by atoms with Gasteiger partial charge in [0.15, 0.2) is 9.84 Å². The summed E-state index contributed by atoms with van der Waals surface area (Å²) in [5, 5.41) is 0.866. The first-order valence-corrected chi connectivity index (χ1v) is 9.05. The summed E-state index contributed by atoms with van der Waals surface area (Å²) in [4.78, 5) is 5.28. The lowest BCUT2D eigenvalue weighted by Crippen LogP contribution is -2.26. The van der Waals surface area contributed by atoms with Crippen LogP contribution in [-0.4, -0.2) is 57.9 Å². The average molecular weight is 346 g/mol. The molecule has 0 radical (unpaired) electrons. The van der Waals surface area contributed by atoms with Gasteiger partial charge in [-0.1, -0.05) is 0 Å². The Morgan fingerprint density at radius 1 is 1.30 bits per heavy atom. The van der Waals surface area contributed by atoms with Gasteiger partial charge in [0.1, 0.15) is 0 Å². The van der Waals surface area contributed by atoms with Crippen molar-refractivity contribution in [3.05, 3.63) is 30.0 Å². The van der Waals surface area contributed by atoms with E-state index in [2.05, 4.69) is 9.72 Å². The van der Waals surface area contributed by atoms with Gasteiger partial charge in [0.05, 0.1) is 11.5 Å². The Kier molecular flexibility index (Phi) is 5.72. The monoisotopic (exact) mass is 346 g/mol. The molecule has 1 aromatic carbocycles. The molecule has 0 spiro atoms. The first-order chi connectivity index (χ1) is 10.8. The number of alkyl halides is 2. The topological polar surface area (TPSA) is 62.4 Å². The van der Waals surface area contributed by atoms with Crippen LogP contribution in [0.5, 0.6) is 0 Å². The zero-order chi connectivity index (χ0) is 17.0. The van der Waals surface area contributed by atoms with Crippen LogP contribution in [0.3, 0.4) is 0 Å². The molecule has 0 saturated heterocycles. The Morgan fingerprint density at radius 3 is 2.70 bits per heavy atom. The minimum absolute atomic E-state index is 0.0275. The largest absolute Gasteiger partial charge is 0.361 e. The number of aromatic amines is 1. The SMILES string of the molecule is CN(CCOC(F)F)CCc1c[nH]c2ccc(S(C)(=O)=O)cc12. The molecule has 1 N–H and O–H groups in total. The maximum absolute atomic E-state index is 11.9. The highest BCUT2D eigenvalue weighted by Gasteiger charge is 2.11. The molecule has 0 aliphatic rings. The number of nitrogens with zero attached hydrogens (tertiary/aromatic N) is 1. The van der Waals surface area contributed by atoms with Gasteiger partial charge in [-0.3, -0.25) is 0 Å². The van der Waals surface area contributed by atoms with E-state index in [9.17, 15) is 17.2 Å². The third-order valence-electron chi connectivity index (χ3n) is 3.65. The number of fused-ring (bicyclic) bond motifs is 1. The molecule has 23 heavy (non-hydrogen) atoms. The molecule has 0 bridgehead atoms. The van der Waals surface area contributed by atoms with E-state index in [-0.39, 0.29) is 11.5 Å². The fourth-order valence-electron chi connectivity index (χ4n) is 2.32. The van der Waals surface area contributed by atoms with Crippen molar-refractivity contribution >= 4 is 20.7 Å². The second-order valence-electron chi connectivity index (χ2n) is 5.48. The van der Waals surface area contributed by atoms with E-state index in [1.165, 1.54) is 6.26 Å². The number of likely N-dealkylation sites (N-methyl/N-ethyl adjacent to an activating group) is 1. The molecule has 0 aliphatic heterocycles. The molecule has 0 amide bonds. The van der Waals surface area contributed by atoms with Crippen molar-refractivity contribution in [2.45, 2.75) is 17.9 Å². The molecule has 0 unspecified atom stereocenters. The number of halogens is 2. The Balaban J connectivity index is 2.03. The molecule has 8 heteroatoms. The molecular formula is C15H20F2N2O3S. The van der Waals surface area contributed by atoms with Gasteiger partial charge in [-0.2, -0.15) is 8.78 Å². The van der Waals surface area contributed by atoms with E-state index >= 15 is 0 Å². The Hall–Kier alpha value is -1.51. The molecule has 2 rings (SSSR count). The minimum Gasteiger partial charge on any atom is -0.361 e. The van der Waals surface area contributed by atoms with E-state index in [1.807, 2.05) is 18.1 Å². The molecule has 1 heterocycles. The van der Waals surface area contributed by atoms with E-state index in [0.717, 1.165) is 16.5 Å². The molecule has 0 saturated carbocycles. The Bertz CT molecular complexity index is 759. The number of sulfone groups is 1. The minimum atomic E-state index is -3.25. The van der Waals surface area contributed by atoms with Crippen molar-refractivity contribution in [3.63, 3.8) is 0 Å². The lowest BCUT2D eigenvalue weighted by atomic mass is 10.1. The fourth-order valence-corrected chi connectivity index (χ4v) is 2.96. The van der Waals surface area contributed by atoms with Gasteiger partial charge in [-0.05, 0) is 37.2 Å². The van der Waals surface area contributed by atoms with Gasteiger partial charge in [-0.25, -0.2) is 8.42 Å². The molecule has 2 aromatic rings. The maximum Gasteiger partial charge on any atom is 0.345 e. The molecule has 1 aromatic heterocycles. The summed E-state index contributed by atoms with van der Waals surface area (Å²) < 4.78 is 51.4. The van der Waals surface area contributed by atoms with Crippen molar-refractivity contribution in [1.29, 1.82) is 0 Å². The number of H-pyrrole nitrogens is 1. The summed E-state index contributed by atoms with van der Waals surface area (Å²) in [6, 6.07) is 4.98. The summed E-state index contributed by atoms with van der Waals surface area (Å²) in [5.41, 5.74) is 1.86. The molecule has 128 valence electrons. The lowest BCUT2D eigenvalue weighted by molar-refractivity contribution is -0.131. The first-order valence-electron chi connectivity index (χ1n) is 7.16. The molecule has 0 aliphatic carbocycles. The molecular weight excluding hydrogens is 326 g/mol. The van der Waals surface area contributed by atoms with Crippen LogP contribution < -0.4 is 0 Å². The number of nitrogens with one attached hydrogen (secondary N) is 1. The third kappa shape index (κ3) is 4.98. The predicted octanol–water partition coefficient (Wildman–Crippen LogP) is 2.28. The van der Waals surface area contributed by atoms with Gasteiger partial charge in [-0.15, -0.1) is 0 Å². The second kappa shape index (κ2) is 7.37. The highest BCUT2D eigenvalue weighted by Crippen LogP contribution is 2.22. The lowest BCUT2D eigenvalue weighted by Gasteiger charge is -2.16. The number of rotatable bonds is 8. The summed E-state index contributed by atoms with van der Waals surface area (Å²) in [6.45, 7) is -1.71. The van der Waals surface area contributed by atoms with Crippen LogP contribution in [0.15, 0.2) is 29.3 Å². The fraction of sp³-hybridized carbons (Fsp3) is 0.467. The van der Waals surface area contributed by atoms with Gasteiger partial charge in [0.2, 0.25) is 0 Å². The maximum atomic E-state index is 11.9. The smallest absolute Gasteiger partial charge is 0.345 e. The zero-order valence-corrected chi connectivity index (χ0v) is 13.9. The summed E-state index contributed by atoms with van der Waals surface area (Å²) in [5.74, 6) is 0. The highest BCUT2D eigenvalue weighted by molar-refractivity contribution is 7.90. The number of hydrogen-bond acceptors (Lipinski definition) is 4. The van der Waals surface area contributed by atoms with E-state index in [0.29, 0.717) is 19.5 Å². The Labute approximate surface area is 134 Å². The zero-order valence-electron chi connectivity index (χ0n) is 13.1. The summed E-state index contributed by atoms with van der Waals surface area (Å²) in [6.07, 6.45) is 3.70. The predicted molar refractivity (Wildman–Crippen MR) is 84.6 cm³/mol. The number of aromatic nitrogens is 1. The van der Waals surface area contributed by atoms with Crippen LogP contribution in [-0.2, 0) is 21.0 Å². The van der Waals surface area contributed by atoms with Crippen LogP contribution in [0, 0.1) is 0 Å². The summed E-state index contributed by atoms with van der Waals surface area (Å²) in [7, 11) is -1.43. The van der Waals surface area contributed by atoms with Crippen LogP contribution in [0.1, 0.15) is 5.56 Å². The van der Waals surface area contributed by atoms with Gasteiger partial charge < -0.3 is 14.6 Å².